The van der Waals surface area contributed by atoms with Crippen molar-refractivity contribution in [3.05, 3.63) is 64.9 Å². The first kappa shape index (κ1) is 18.2. The lowest BCUT2D eigenvalue weighted by Crippen LogP contribution is -2.43. The summed E-state index contributed by atoms with van der Waals surface area (Å²) < 4.78 is 13.2. The number of hydrogen-bond donors (Lipinski definition) is 1. The lowest BCUT2D eigenvalue weighted by atomic mass is 9.94. The molecule has 132 valence electrons. The number of para-hydroxylation sites is 1. The lowest BCUT2D eigenvalue weighted by molar-refractivity contribution is 0.240. The van der Waals surface area contributed by atoms with Crippen LogP contribution in [0.25, 0.3) is 0 Å². The largest absolute Gasteiger partial charge is 0.342 e. The fourth-order valence-electron chi connectivity index (χ4n) is 3.30. The number of nitrogens with zero attached hydrogens (tertiary/aromatic N) is 1. The molecule has 0 atom stereocenters. The zero-order chi connectivity index (χ0) is 17.6. The summed E-state index contributed by atoms with van der Waals surface area (Å²) >= 11 is 12.0. The van der Waals surface area contributed by atoms with Crippen LogP contribution in [0.1, 0.15) is 37.7 Å². The fraction of sp³-hybridized carbons (Fsp3) is 0.350. The molecule has 5 heteroatoms. The van der Waals surface area contributed by atoms with Gasteiger partial charge < -0.3 is 10.2 Å². The molecule has 25 heavy (non-hydrogen) atoms. The zero-order valence-electron chi connectivity index (χ0n) is 14.1. The highest BCUT2D eigenvalue weighted by Gasteiger charge is 2.24. The van der Waals surface area contributed by atoms with Crippen LogP contribution in [-0.2, 0) is 6.54 Å². The highest BCUT2D eigenvalue weighted by atomic mass is 35.5. The monoisotopic (exact) mass is 376 g/mol. The van der Waals surface area contributed by atoms with Crippen LogP contribution in [0.2, 0.25) is 5.02 Å². The Labute approximate surface area is 159 Å². The van der Waals surface area contributed by atoms with Gasteiger partial charge in [0.1, 0.15) is 5.82 Å². The van der Waals surface area contributed by atoms with Gasteiger partial charge in [0.25, 0.3) is 0 Å². The van der Waals surface area contributed by atoms with Crippen LogP contribution in [0.4, 0.5) is 10.1 Å². The molecule has 1 aliphatic rings. The number of benzene rings is 2. The maximum atomic E-state index is 13.2. The summed E-state index contributed by atoms with van der Waals surface area (Å²) in [5, 5.41) is 4.61. The van der Waals surface area contributed by atoms with Crippen LogP contribution in [-0.4, -0.2) is 16.1 Å². The Balaban J connectivity index is 1.78. The van der Waals surface area contributed by atoms with Crippen LogP contribution >= 0.6 is 23.8 Å². The summed E-state index contributed by atoms with van der Waals surface area (Å²) in [7, 11) is 0. The van der Waals surface area contributed by atoms with E-state index in [0.717, 1.165) is 24.1 Å². The molecule has 1 aliphatic carbocycles. The van der Waals surface area contributed by atoms with Gasteiger partial charge in [0, 0.05) is 12.6 Å². The second-order valence-electron chi connectivity index (χ2n) is 6.46. The second-order valence-corrected chi connectivity index (χ2v) is 7.25. The van der Waals surface area contributed by atoms with Gasteiger partial charge in [0.2, 0.25) is 0 Å². The molecule has 3 rings (SSSR count). The summed E-state index contributed by atoms with van der Waals surface area (Å²) in [6.07, 6.45) is 5.99. The molecule has 1 fully saturated rings. The van der Waals surface area contributed by atoms with Crippen molar-refractivity contribution < 1.29 is 4.39 Å². The zero-order valence-corrected chi connectivity index (χ0v) is 15.6. The molecule has 0 heterocycles. The lowest BCUT2D eigenvalue weighted by Gasteiger charge is -2.36. The second kappa shape index (κ2) is 8.63. The summed E-state index contributed by atoms with van der Waals surface area (Å²) in [5.74, 6) is -0.218. The molecule has 2 aromatic rings. The minimum atomic E-state index is -0.218. The Hall–Kier alpha value is -1.65. The van der Waals surface area contributed by atoms with E-state index in [1.54, 1.807) is 0 Å². The van der Waals surface area contributed by atoms with E-state index in [4.69, 9.17) is 23.8 Å². The van der Waals surface area contributed by atoms with Gasteiger partial charge >= 0.3 is 0 Å². The maximum Gasteiger partial charge on any atom is 0.174 e. The van der Waals surface area contributed by atoms with E-state index in [2.05, 4.69) is 10.2 Å². The molecule has 2 aromatic carbocycles. The van der Waals surface area contributed by atoms with Crippen LogP contribution in [0.3, 0.4) is 0 Å². The average Bonchev–Trinajstić information content (AvgIpc) is 2.64. The molecule has 0 aromatic heterocycles. The van der Waals surface area contributed by atoms with E-state index >= 15 is 0 Å². The van der Waals surface area contributed by atoms with Crippen molar-refractivity contribution in [2.45, 2.75) is 44.7 Å². The summed E-state index contributed by atoms with van der Waals surface area (Å²) in [6.45, 7) is 0.668. The predicted octanol–water partition coefficient (Wildman–Crippen LogP) is 6.01. The summed E-state index contributed by atoms with van der Waals surface area (Å²) in [5.41, 5.74) is 1.87. The summed E-state index contributed by atoms with van der Waals surface area (Å²) in [4.78, 5) is 2.23. The number of anilines is 1. The summed E-state index contributed by atoms with van der Waals surface area (Å²) in [6, 6.07) is 14.6. The van der Waals surface area contributed by atoms with Crippen molar-refractivity contribution >= 4 is 34.6 Å². The van der Waals surface area contributed by atoms with Crippen molar-refractivity contribution in [2.24, 2.45) is 0 Å². The quantitative estimate of drug-likeness (QED) is 0.657. The van der Waals surface area contributed by atoms with Gasteiger partial charge in [-0.15, -0.1) is 0 Å². The maximum absolute atomic E-state index is 13.2. The third kappa shape index (κ3) is 4.93. The van der Waals surface area contributed by atoms with Gasteiger partial charge in [0.15, 0.2) is 5.11 Å². The standard InChI is InChI=1S/C20H22ClFN2S/c21-18-8-4-5-9-19(18)23-20(25)24(17-6-2-1-3-7-17)14-15-10-12-16(22)13-11-15/h4-5,8-13,17H,1-3,6-7,14H2,(H,23,25). The first-order valence-corrected chi connectivity index (χ1v) is 9.49. The number of nitrogens with one attached hydrogen (secondary N) is 1. The minimum absolute atomic E-state index is 0.218. The Morgan fingerprint density at radius 2 is 1.76 bits per heavy atom. The number of hydrogen-bond acceptors (Lipinski definition) is 1. The van der Waals surface area contributed by atoms with Crippen molar-refractivity contribution in [1.82, 2.24) is 4.90 Å². The molecule has 0 aliphatic heterocycles. The van der Waals surface area contributed by atoms with Crippen LogP contribution in [0.5, 0.6) is 0 Å². The highest BCUT2D eigenvalue weighted by Crippen LogP contribution is 2.26. The third-order valence-electron chi connectivity index (χ3n) is 4.66. The smallest absolute Gasteiger partial charge is 0.174 e. The van der Waals surface area contributed by atoms with Gasteiger partial charge in [-0.3, -0.25) is 0 Å². The molecule has 0 amide bonds. The molecule has 0 saturated heterocycles. The highest BCUT2D eigenvalue weighted by molar-refractivity contribution is 7.80. The molecule has 0 radical (unpaired) electrons. The third-order valence-corrected chi connectivity index (χ3v) is 5.32. The Morgan fingerprint density at radius 3 is 2.44 bits per heavy atom. The molecule has 1 saturated carbocycles. The number of thiocarbonyl (C=S) groups is 1. The van der Waals surface area contributed by atoms with Crippen LogP contribution < -0.4 is 5.32 Å². The topological polar surface area (TPSA) is 15.3 Å². The molecule has 1 N–H and O–H groups in total. The fourth-order valence-corrected chi connectivity index (χ4v) is 3.80. The Kier molecular flexibility index (Phi) is 6.27. The molecule has 2 nitrogen and oxygen atoms in total. The van der Waals surface area contributed by atoms with Gasteiger partial charge in [-0.1, -0.05) is 55.1 Å². The Bertz CT molecular complexity index is 714. The van der Waals surface area contributed by atoms with Crippen LogP contribution in [0, 0.1) is 5.82 Å². The van der Waals surface area contributed by atoms with Gasteiger partial charge in [-0.25, -0.2) is 4.39 Å². The van der Waals surface area contributed by atoms with Crippen molar-refractivity contribution in [1.29, 1.82) is 0 Å². The minimum Gasteiger partial charge on any atom is -0.342 e. The molecule has 0 spiro atoms. The van der Waals surface area contributed by atoms with Crippen molar-refractivity contribution in [2.75, 3.05) is 5.32 Å². The molecular formula is C20H22ClFN2S. The van der Waals surface area contributed by atoms with E-state index in [1.807, 2.05) is 36.4 Å². The number of halogens is 2. The van der Waals surface area contributed by atoms with E-state index < -0.39 is 0 Å². The van der Waals surface area contributed by atoms with E-state index in [9.17, 15) is 4.39 Å². The Morgan fingerprint density at radius 1 is 1.08 bits per heavy atom. The first-order valence-electron chi connectivity index (χ1n) is 8.70. The first-order chi connectivity index (χ1) is 12.1. The molecular weight excluding hydrogens is 355 g/mol. The molecule has 0 bridgehead atoms. The van der Waals surface area contributed by atoms with Gasteiger partial charge in [-0.05, 0) is 54.9 Å². The average molecular weight is 377 g/mol. The van der Waals surface area contributed by atoms with E-state index in [0.29, 0.717) is 22.7 Å². The van der Waals surface area contributed by atoms with Crippen molar-refractivity contribution in [3.8, 4) is 0 Å². The van der Waals surface area contributed by atoms with Gasteiger partial charge in [0.05, 0.1) is 10.7 Å². The van der Waals surface area contributed by atoms with Crippen LogP contribution in [0.15, 0.2) is 48.5 Å². The SMILES string of the molecule is Fc1ccc(CN(C(=S)Nc2ccccc2Cl)C2CCCCC2)cc1. The molecule has 0 unspecified atom stereocenters. The normalized spacial score (nSPS) is 15.0. The number of rotatable bonds is 4. The predicted molar refractivity (Wildman–Crippen MR) is 106 cm³/mol. The van der Waals surface area contributed by atoms with E-state index in [-0.39, 0.29) is 5.82 Å². The van der Waals surface area contributed by atoms with Gasteiger partial charge in [-0.2, -0.15) is 0 Å². The van der Waals surface area contributed by atoms with E-state index in [1.165, 1.54) is 31.4 Å². The van der Waals surface area contributed by atoms with Crippen molar-refractivity contribution in [3.63, 3.8) is 0 Å².